The molecule has 0 aliphatic carbocycles. The Kier molecular flexibility index (Phi) is 7.52. The topological polar surface area (TPSA) is 60.6 Å². The molecule has 5 heteroatoms. The lowest BCUT2D eigenvalue weighted by molar-refractivity contribution is 0.110. The summed E-state index contributed by atoms with van der Waals surface area (Å²) in [4.78, 5) is 6.49. The van der Waals surface area contributed by atoms with Crippen molar-refractivity contribution in [3.8, 4) is 0 Å². The molecule has 0 radical (unpaired) electrons. The molecule has 1 aromatic rings. The van der Waals surface area contributed by atoms with Crippen LogP contribution in [-0.4, -0.2) is 50.4 Å². The molecule has 0 bridgehead atoms. The second kappa shape index (κ2) is 8.99. The molecule has 0 fully saturated rings. The van der Waals surface area contributed by atoms with Gasteiger partial charge < -0.3 is 15.2 Å². The van der Waals surface area contributed by atoms with Crippen LogP contribution in [0.1, 0.15) is 11.3 Å². The zero-order valence-corrected chi connectivity index (χ0v) is 11.3. The predicted molar refractivity (Wildman–Crippen MR) is 71.2 cm³/mol. The lowest BCUT2D eigenvalue weighted by Crippen LogP contribution is -2.30. The first-order valence-corrected chi connectivity index (χ1v) is 6.14. The van der Waals surface area contributed by atoms with E-state index in [1.165, 1.54) is 5.56 Å². The molecule has 1 aromatic heterocycles. The predicted octanol–water partition coefficient (Wildman–Crippen LogP) is 0.635. The van der Waals surface area contributed by atoms with Gasteiger partial charge in [-0.1, -0.05) is 0 Å². The van der Waals surface area contributed by atoms with Gasteiger partial charge in [0.2, 0.25) is 0 Å². The Morgan fingerprint density at radius 1 is 1.22 bits per heavy atom. The second-order valence-electron chi connectivity index (χ2n) is 4.12. The molecular formula is C13H23N3O2. The van der Waals surface area contributed by atoms with Gasteiger partial charge in [0.1, 0.15) is 0 Å². The number of ether oxygens (including phenoxy) is 2. The Hall–Kier alpha value is -1.01. The molecule has 0 aliphatic heterocycles. The van der Waals surface area contributed by atoms with Crippen LogP contribution in [0, 0.1) is 0 Å². The lowest BCUT2D eigenvalue weighted by Gasteiger charge is -2.21. The number of methoxy groups -OCH3 is 2. The maximum atomic E-state index is 5.59. The van der Waals surface area contributed by atoms with E-state index in [0.717, 1.165) is 38.5 Å². The van der Waals surface area contributed by atoms with Crippen LogP contribution in [0.5, 0.6) is 0 Å². The van der Waals surface area contributed by atoms with Crippen LogP contribution < -0.4 is 5.73 Å². The average molecular weight is 253 g/mol. The van der Waals surface area contributed by atoms with Crippen molar-refractivity contribution in [1.82, 2.24) is 9.88 Å². The van der Waals surface area contributed by atoms with Gasteiger partial charge in [-0.2, -0.15) is 0 Å². The molecule has 18 heavy (non-hydrogen) atoms. The van der Waals surface area contributed by atoms with Crippen molar-refractivity contribution in [2.24, 2.45) is 5.73 Å². The molecule has 0 aromatic carbocycles. The summed E-state index contributed by atoms with van der Waals surface area (Å²) < 4.78 is 10.2. The van der Waals surface area contributed by atoms with Gasteiger partial charge in [-0.05, 0) is 17.7 Å². The van der Waals surface area contributed by atoms with Gasteiger partial charge in [-0.15, -0.1) is 0 Å². The first-order valence-electron chi connectivity index (χ1n) is 6.14. The Bertz CT molecular complexity index is 326. The molecule has 102 valence electrons. The van der Waals surface area contributed by atoms with E-state index in [-0.39, 0.29) is 0 Å². The summed E-state index contributed by atoms with van der Waals surface area (Å²) in [6.07, 6.45) is 1.81. The van der Waals surface area contributed by atoms with E-state index in [0.29, 0.717) is 6.54 Å². The monoisotopic (exact) mass is 253 g/mol. The molecule has 0 amide bonds. The van der Waals surface area contributed by atoms with Gasteiger partial charge in [0.25, 0.3) is 0 Å². The fraction of sp³-hybridized carbons (Fsp3) is 0.615. The van der Waals surface area contributed by atoms with E-state index in [9.17, 15) is 0 Å². The summed E-state index contributed by atoms with van der Waals surface area (Å²) in [5.41, 5.74) is 7.74. The van der Waals surface area contributed by atoms with Crippen LogP contribution >= 0.6 is 0 Å². The van der Waals surface area contributed by atoms with E-state index < -0.39 is 0 Å². The standard InChI is InChI=1S/C13H23N3O2/c1-17-7-5-16(6-8-18-2)11-12-3-4-15-13(9-12)10-14/h3-4,9H,5-8,10-11,14H2,1-2H3. The lowest BCUT2D eigenvalue weighted by atomic mass is 10.2. The minimum absolute atomic E-state index is 0.476. The van der Waals surface area contributed by atoms with Crippen molar-refractivity contribution >= 4 is 0 Å². The number of aromatic nitrogens is 1. The molecule has 0 unspecified atom stereocenters. The molecule has 0 atom stereocenters. The van der Waals surface area contributed by atoms with Gasteiger partial charge in [0, 0.05) is 46.6 Å². The van der Waals surface area contributed by atoms with Crippen LogP contribution in [0.3, 0.4) is 0 Å². The Balaban J connectivity index is 2.56. The number of hydrogen-bond donors (Lipinski definition) is 1. The van der Waals surface area contributed by atoms with E-state index in [4.69, 9.17) is 15.2 Å². The van der Waals surface area contributed by atoms with Crippen LogP contribution in [-0.2, 0) is 22.6 Å². The van der Waals surface area contributed by atoms with Crippen LogP contribution in [0.2, 0.25) is 0 Å². The van der Waals surface area contributed by atoms with Gasteiger partial charge in [-0.3, -0.25) is 9.88 Å². The van der Waals surface area contributed by atoms with Crippen molar-refractivity contribution in [2.75, 3.05) is 40.5 Å². The van der Waals surface area contributed by atoms with Crippen molar-refractivity contribution < 1.29 is 9.47 Å². The SMILES string of the molecule is COCCN(CCOC)Cc1ccnc(CN)c1. The highest BCUT2D eigenvalue weighted by Gasteiger charge is 2.06. The highest BCUT2D eigenvalue weighted by atomic mass is 16.5. The Morgan fingerprint density at radius 2 is 1.89 bits per heavy atom. The first-order chi connectivity index (χ1) is 8.80. The van der Waals surface area contributed by atoms with Crippen LogP contribution in [0.25, 0.3) is 0 Å². The zero-order valence-electron chi connectivity index (χ0n) is 11.3. The fourth-order valence-electron chi connectivity index (χ4n) is 1.71. The van der Waals surface area contributed by atoms with E-state index >= 15 is 0 Å². The molecule has 0 aliphatic rings. The summed E-state index contributed by atoms with van der Waals surface area (Å²) in [7, 11) is 3.43. The smallest absolute Gasteiger partial charge is 0.0589 e. The third-order valence-electron chi connectivity index (χ3n) is 2.72. The van der Waals surface area contributed by atoms with E-state index in [1.54, 1.807) is 14.2 Å². The average Bonchev–Trinajstić information content (AvgIpc) is 2.42. The molecule has 0 saturated heterocycles. The first kappa shape index (κ1) is 15.0. The van der Waals surface area contributed by atoms with Crippen LogP contribution in [0.4, 0.5) is 0 Å². The van der Waals surface area contributed by atoms with E-state index in [1.807, 2.05) is 18.3 Å². The summed E-state index contributed by atoms with van der Waals surface area (Å²) in [6, 6.07) is 4.07. The molecule has 2 N–H and O–H groups in total. The van der Waals surface area contributed by atoms with Crippen LogP contribution in [0.15, 0.2) is 18.3 Å². The van der Waals surface area contributed by atoms with Crippen molar-refractivity contribution in [2.45, 2.75) is 13.1 Å². The summed E-state index contributed by atoms with van der Waals surface area (Å²) in [5, 5.41) is 0. The normalized spacial score (nSPS) is 11.1. The molecule has 0 saturated carbocycles. The van der Waals surface area contributed by atoms with Gasteiger partial charge in [0.15, 0.2) is 0 Å². The molecule has 1 heterocycles. The highest BCUT2D eigenvalue weighted by molar-refractivity contribution is 5.16. The maximum absolute atomic E-state index is 5.59. The zero-order chi connectivity index (χ0) is 13.2. The number of pyridine rings is 1. The van der Waals surface area contributed by atoms with E-state index in [2.05, 4.69) is 9.88 Å². The van der Waals surface area contributed by atoms with Gasteiger partial charge in [-0.25, -0.2) is 0 Å². The van der Waals surface area contributed by atoms with Crippen molar-refractivity contribution in [3.63, 3.8) is 0 Å². The molecule has 5 nitrogen and oxygen atoms in total. The Labute approximate surface area is 109 Å². The van der Waals surface area contributed by atoms with Crippen molar-refractivity contribution in [1.29, 1.82) is 0 Å². The minimum atomic E-state index is 0.476. The third kappa shape index (κ3) is 5.55. The summed E-state index contributed by atoms with van der Waals surface area (Å²) in [6.45, 7) is 4.56. The summed E-state index contributed by atoms with van der Waals surface area (Å²) in [5.74, 6) is 0. The number of hydrogen-bond acceptors (Lipinski definition) is 5. The van der Waals surface area contributed by atoms with Gasteiger partial charge in [0.05, 0.1) is 18.9 Å². The third-order valence-corrected chi connectivity index (χ3v) is 2.72. The Morgan fingerprint density at radius 3 is 2.44 bits per heavy atom. The maximum Gasteiger partial charge on any atom is 0.0589 e. The number of rotatable bonds is 9. The molecule has 0 spiro atoms. The quantitative estimate of drug-likeness (QED) is 0.699. The largest absolute Gasteiger partial charge is 0.383 e. The minimum Gasteiger partial charge on any atom is -0.383 e. The second-order valence-corrected chi connectivity index (χ2v) is 4.12. The molecular weight excluding hydrogens is 230 g/mol. The van der Waals surface area contributed by atoms with Crippen molar-refractivity contribution in [3.05, 3.63) is 29.6 Å². The number of nitrogens with two attached hydrogens (primary N) is 1. The molecule has 1 rings (SSSR count). The fourth-order valence-corrected chi connectivity index (χ4v) is 1.71. The highest BCUT2D eigenvalue weighted by Crippen LogP contribution is 2.06. The number of nitrogens with zero attached hydrogens (tertiary/aromatic N) is 2. The summed E-state index contributed by atoms with van der Waals surface area (Å²) >= 11 is 0. The van der Waals surface area contributed by atoms with Gasteiger partial charge >= 0.3 is 0 Å².